The highest BCUT2D eigenvalue weighted by Gasteiger charge is 2.21. The minimum absolute atomic E-state index is 0.00928. The first-order valence-corrected chi connectivity index (χ1v) is 10.5. The van der Waals surface area contributed by atoms with Gasteiger partial charge in [-0.3, -0.25) is 5.01 Å². The largest absolute Gasteiger partial charge is 0.494 e. The van der Waals surface area contributed by atoms with E-state index in [0.717, 1.165) is 5.56 Å². The Morgan fingerprint density at radius 1 is 0.933 bits per heavy atom. The van der Waals surface area contributed by atoms with Crippen LogP contribution in [0.3, 0.4) is 0 Å². The van der Waals surface area contributed by atoms with Gasteiger partial charge in [-0.15, -0.1) is 0 Å². The van der Waals surface area contributed by atoms with E-state index in [-0.39, 0.29) is 10.4 Å². The van der Waals surface area contributed by atoms with Crippen molar-refractivity contribution in [2.75, 3.05) is 26.3 Å². The Hall–Kier alpha value is -2.71. The van der Waals surface area contributed by atoms with E-state index < -0.39 is 10.8 Å². The lowest BCUT2D eigenvalue weighted by Gasteiger charge is -2.24. The van der Waals surface area contributed by atoms with Gasteiger partial charge in [-0.1, -0.05) is 32.9 Å². The molecule has 2 rings (SSSR count). The van der Waals surface area contributed by atoms with Gasteiger partial charge < -0.3 is 19.9 Å². The number of anilines is 1. The Labute approximate surface area is 181 Å². The molecule has 0 bridgehead atoms. The van der Waals surface area contributed by atoms with E-state index >= 15 is 0 Å². The molecule has 0 aromatic heterocycles. The second kappa shape index (κ2) is 9.40. The molecule has 0 saturated carbocycles. The van der Waals surface area contributed by atoms with Crippen LogP contribution in [0, 0.1) is 0 Å². The molecule has 0 saturated heterocycles. The second-order valence-electron chi connectivity index (χ2n) is 7.74. The van der Waals surface area contributed by atoms with E-state index in [4.69, 9.17) is 25.8 Å². The fraction of sp³-hybridized carbons (Fsp3) is 0.364. The molecule has 4 N–H and O–H groups in total. The maximum absolute atomic E-state index is 13.0. The van der Waals surface area contributed by atoms with Crippen LogP contribution in [0.15, 0.2) is 52.0 Å². The second-order valence-corrected chi connectivity index (χ2v) is 9.19. The van der Waals surface area contributed by atoms with Crippen molar-refractivity contribution in [1.82, 2.24) is 0 Å². The van der Waals surface area contributed by atoms with Crippen molar-refractivity contribution in [2.24, 2.45) is 11.6 Å². The molecule has 164 valence electrons. The number of hydrazine groups is 1. The van der Waals surface area contributed by atoms with Crippen molar-refractivity contribution in [2.45, 2.75) is 38.0 Å². The monoisotopic (exact) mass is 433 g/mol. The standard InChI is InChI=1S/C22H31N3O4S/c1-14(21(23)30(26)16-10-8-15(9-11-16)22(2,3)4)25(24)17-12-19(28-6)20(29-7)13-18(17)27-5/h8-13H,23-24H2,1-7H3/b21-14+. The molecule has 1 unspecified atom stereocenters. The number of allylic oxidation sites excluding steroid dienone is 1. The predicted molar refractivity (Wildman–Crippen MR) is 121 cm³/mol. The summed E-state index contributed by atoms with van der Waals surface area (Å²) in [6.07, 6.45) is 0. The molecule has 1 atom stereocenters. The minimum atomic E-state index is -1.57. The zero-order valence-electron chi connectivity index (χ0n) is 18.6. The van der Waals surface area contributed by atoms with Gasteiger partial charge in [-0.25, -0.2) is 10.1 Å². The summed E-state index contributed by atoms with van der Waals surface area (Å²) >= 11 is 0. The number of hydrogen-bond donors (Lipinski definition) is 2. The number of ether oxygens (including phenoxy) is 3. The normalized spacial score (nSPS) is 13.3. The average Bonchev–Trinajstić information content (AvgIpc) is 2.75. The molecule has 30 heavy (non-hydrogen) atoms. The van der Waals surface area contributed by atoms with Crippen LogP contribution in [0.2, 0.25) is 0 Å². The summed E-state index contributed by atoms with van der Waals surface area (Å²) in [6, 6.07) is 10.9. The van der Waals surface area contributed by atoms with Gasteiger partial charge >= 0.3 is 0 Å². The molecule has 0 aliphatic heterocycles. The molecule has 0 amide bonds. The molecule has 7 nitrogen and oxygen atoms in total. The highest BCUT2D eigenvalue weighted by molar-refractivity contribution is 7.89. The van der Waals surface area contributed by atoms with Gasteiger partial charge in [0.25, 0.3) is 0 Å². The van der Waals surface area contributed by atoms with Crippen LogP contribution in [0.5, 0.6) is 17.2 Å². The number of benzene rings is 2. The summed E-state index contributed by atoms with van der Waals surface area (Å²) < 4.78 is 29.1. The first-order valence-electron chi connectivity index (χ1n) is 9.38. The van der Waals surface area contributed by atoms with Gasteiger partial charge in [0, 0.05) is 17.0 Å². The quantitative estimate of drug-likeness (QED) is 0.508. The summed E-state index contributed by atoms with van der Waals surface area (Å²) in [7, 11) is 3.02. The van der Waals surface area contributed by atoms with Gasteiger partial charge in [-0.2, -0.15) is 0 Å². The number of rotatable bonds is 7. The van der Waals surface area contributed by atoms with Crippen LogP contribution in [0.4, 0.5) is 5.69 Å². The van der Waals surface area contributed by atoms with Crippen molar-refractivity contribution < 1.29 is 18.4 Å². The van der Waals surface area contributed by atoms with Crippen LogP contribution in [0.25, 0.3) is 0 Å². The minimum Gasteiger partial charge on any atom is -0.494 e. The molecule has 0 spiro atoms. The first kappa shape index (κ1) is 23.6. The number of methoxy groups -OCH3 is 3. The van der Waals surface area contributed by atoms with Crippen molar-refractivity contribution in [3.05, 3.63) is 52.7 Å². The lowest BCUT2D eigenvalue weighted by Crippen LogP contribution is -2.32. The van der Waals surface area contributed by atoms with Crippen LogP contribution in [-0.4, -0.2) is 25.5 Å². The molecule has 2 aromatic carbocycles. The maximum Gasteiger partial charge on any atom is 0.164 e. The fourth-order valence-corrected chi connectivity index (χ4v) is 3.84. The molecule has 0 radical (unpaired) electrons. The van der Waals surface area contributed by atoms with Crippen LogP contribution >= 0.6 is 0 Å². The van der Waals surface area contributed by atoms with E-state index in [1.807, 2.05) is 24.3 Å². The van der Waals surface area contributed by atoms with Gasteiger partial charge in [0.15, 0.2) is 11.5 Å². The Morgan fingerprint density at radius 2 is 1.43 bits per heavy atom. The van der Waals surface area contributed by atoms with Crippen molar-refractivity contribution in [3.8, 4) is 17.2 Å². The average molecular weight is 434 g/mol. The van der Waals surface area contributed by atoms with Crippen LogP contribution in [0.1, 0.15) is 33.3 Å². The summed E-state index contributed by atoms with van der Waals surface area (Å²) in [5, 5.41) is 1.48. The highest BCUT2D eigenvalue weighted by Crippen LogP contribution is 2.40. The molecular formula is C22H31N3O4S. The topological polar surface area (TPSA) is 100 Å². The maximum atomic E-state index is 13.0. The zero-order chi connectivity index (χ0) is 22.6. The molecule has 0 aliphatic carbocycles. The summed E-state index contributed by atoms with van der Waals surface area (Å²) in [5.74, 6) is 7.76. The van der Waals surface area contributed by atoms with Crippen LogP contribution in [-0.2, 0) is 16.2 Å². The van der Waals surface area contributed by atoms with Gasteiger partial charge in [0.05, 0.1) is 27.0 Å². The molecule has 2 aromatic rings. The zero-order valence-corrected chi connectivity index (χ0v) is 19.4. The molecular weight excluding hydrogens is 402 g/mol. The Bertz CT molecular complexity index is 950. The van der Waals surface area contributed by atoms with E-state index in [2.05, 4.69) is 20.8 Å². The molecule has 8 heteroatoms. The molecule has 0 fully saturated rings. The van der Waals surface area contributed by atoms with Crippen molar-refractivity contribution in [3.63, 3.8) is 0 Å². The Balaban J connectivity index is 2.42. The highest BCUT2D eigenvalue weighted by atomic mass is 32.2. The summed E-state index contributed by atoms with van der Waals surface area (Å²) in [6.45, 7) is 8.08. The smallest absolute Gasteiger partial charge is 0.164 e. The predicted octanol–water partition coefficient (Wildman–Crippen LogP) is 3.65. The van der Waals surface area contributed by atoms with Gasteiger partial charge in [-0.05, 0) is 30.0 Å². The lowest BCUT2D eigenvalue weighted by atomic mass is 9.87. The number of nitrogens with zero attached hydrogens (tertiary/aromatic N) is 1. The summed E-state index contributed by atoms with van der Waals surface area (Å²) in [5.41, 5.74) is 8.32. The molecule has 0 aliphatic rings. The van der Waals surface area contributed by atoms with E-state index in [9.17, 15) is 4.21 Å². The van der Waals surface area contributed by atoms with E-state index in [1.54, 1.807) is 19.1 Å². The van der Waals surface area contributed by atoms with Gasteiger partial charge in [0.1, 0.15) is 27.3 Å². The van der Waals surface area contributed by atoms with E-state index in [1.165, 1.54) is 26.3 Å². The Kier molecular flexibility index (Phi) is 7.39. The summed E-state index contributed by atoms with van der Waals surface area (Å²) in [4.78, 5) is 0.604. The number of nitrogens with two attached hydrogens (primary N) is 2. The molecule has 0 heterocycles. The first-order chi connectivity index (χ1) is 14.0. The van der Waals surface area contributed by atoms with Crippen molar-refractivity contribution >= 4 is 16.5 Å². The number of hydrogen-bond acceptors (Lipinski definition) is 7. The lowest BCUT2D eigenvalue weighted by molar-refractivity contribution is 0.349. The third kappa shape index (κ3) is 4.88. The fourth-order valence-electron chi connectivity index (χ4n) is 2.84. The Morgan fingerprint density at radius 3 is 1.90 bits per heavy atom. The van der Waals surface area contributed by atoms with E-state index in [0.29, 0.717) is 33.5 Å². The van der Waals surface area contributed by atoms with Gasteiger partial charge in [0.2, 0.25) is 0 Å². The van der Waals surface area contributed by atoms with Crippen molar-refractivity contribution in [1.29, 1.82) is 0 Å². The third-order valence-electron chi connectivity index (χ3n) is 4.80. The SMILES string of the molecule is COc1cc(OC)c(N(N)/C(C)=C(\N)S(=O)c2ccc(C(C)(C)C)cc2)cc1OC. The third-order valence-corrected chi connectivity index (χ3v) is 6.19. The van der Waals surface area contributed by atoms with Crippen LogP contribution < -0.4 is 30.8 Å².